The maximum atomic E-state index is 14.0. The van der Waals surface area contributed by atoms with Gasteiger partial charge in [-0.2, -0.15) is 0 Å². The first-order chi connectivity index (χ1) is 17.4. The van der Waals surface area contributed by atoms with E-state index >= 15 is 0 Å². The van der Waals surface area contributed by atoms with Crippen molar-refractivity contribution in [1.29, 1.82) is 0 Å². The highest BCUT2D eigenvalue weighted by molar-refractivity contribution is 5.97. The summed E-state index contributed by atoms with van der Waals surface area (Å²) in [6.07, 6.45) is 2.91. The van der Waals surface area contributed by atoms with Gasteiger partial charge in [0, 0.05) is 18.2 Å². The molecule has 1 atom stereocenters. The maximum absolute atomic E-state index is 14.0. The molecule has 1 aliphatic rings. The summed E-state index contributed by atoms with van der Waals surface area (Å²) in [6, 6.07) is 18.1. The number of fused-ring (bicyclic) bond motifs is 1. The quantitative estimate of drug-likeness (QED) is 0.333. The molecule has 1 unspecified atom stereocenters. The molecule has 1 aliphatic heterocycles. The van der Waals surface area contributed by atoms with Crippen LogP contribution in [0.4, 0.5) is 0 Å². The molecule has 2 heterocycles. The molecule has 186 valence electrons. The van der Waals surface area contributed by atoms with Gasteiger partial charge in [0.25, 0.3) is 5.91 Å². The number of methoxy groups -OCH3 is 2. The molecule has 0 radical (unpaired) electrons. The van der Waals surface area contributed by atoms with Gasteiger partial charge in [-0.25, -0.2) is 4.98 Å². The molecule has 3 aromatic carbocycles. The monoisotopic (exact) mass is 483 g/mol. The van der Waals surface area contributed by atoms with E-state index in [1.165, 1.54) is 5.56 Å². The van der Waals surface area contributed by atoms with Crippen LogP contribution in [0, 0.1) is 20.8 Å². The number of piperidine rings is 1. The Kier molecular flexibility index (Phi) is 6.44. The number of aromatic nitrogens is 2. The Bertz CT molecular complexity index is 1420. The SMILES string of the molecule is COc1ccc(-n2c(C3CCCCN3C(=O)c3c(C)cc(C)cc3C)nc3ccccc32)cc1OC. The number of nitrogens with zero attached hydrogens (tertiary/aromatic N) is 3. The number of aryl methyl sites for hydroxylation is 3. The number of carbonyl (C=O) groups is 1. The normalized spacial score (nSPS) is 15.8. The van der Waals surface area contributed by atoms with Crippen molar-refractivity contribution in [2.45, 2.75) is 46.1 Å². The Morgan fingerprint density at radius 1 is 0.917 bits per heavy atom. The number of imidazole rings is 1. The molecule has 6 heteroatoms. The van der Waals surface area contributed by atoms with Crippen molar-refractivity contribution in [3.63, 3.8) is 0 Å². The largest absolute Gasteiger partial charge is 0.493 e. The number of para-hydroxylation sites is 2. The lowest BCUT2D eigenvalue weighted by Gasteiger charge is -2.36. The molecule has 0 spiro atoms. The zero-order chi connectivity index (χ0) is 25.4. The van der Waals surface area contributed by atoms with E-state index in [0.717, 1.165) is 58.5 Å². The van der Waals surface area contributed by atoms with Crippen molar-refractivity contribution in [2.24, 2.45) is 0 Å². The van der Waals surface area contributed by atoms with Crippen molar-refractivity contribution in [2.75, 3.05) is 20.8 Å². The number of carbonyl (C=O) groups excluding carboxylic acids is 1. The summed E-state index contributed by atoms with van der Waals surface area (Å²) in [5.41, 5.74) is 6.86. The first kappa shape index (κ1) is 23.9. The average molecular weight is 484 g/mol. The summed E-state index contributed by atoms with van der Waals surface area (Å²) in [7, 11) is 3.28. The number of likely N-dealkylation sites (tertiary alicyclic amines) is 1. The van der Waals surface area contributed by atoms with Gasteiger partial charge in [-0.3, -0.25) is 9.36 Å². The molecule has 1 aromatic heterocycles. The fourth-order valence-electron chi connectivity index (χ4n) is 5.61. The maximum Gasteiger partial charge on any atom is 0.255 e. The minimum absolute atomic E-state index is 0.0839. The zero-order valence-electron chi connectivity index (χ0n) is 21.7. The Morgan fingerprint density at radius 3 is 2.36 bits per heavy atom. The molecule has 0 saturated carbocycles. The standard InChI is InChI=1S/C30H33N3O3/c1-19-16-20(2)28(21(3)17-19)30(34)32-15-9-8-12-25(32)29-31-23-10-6-7-11-24(23)33(29)22-13-14-26(35-4)27(18-22)36-5/h6-7,10-11,13-14,16-18,25H,8-9,12,15H2,1-5H3. The molecule has 36 heavy (non-hydrogen) atoms. The second kappa shape index (κ2) is 9.69. The van der Waals surface area contributed by atoms with E-state index in [4.69, 9.17) is 14.5 Å². The third-order valence-electron chi connectivity index (χ3n) is 7.16. The van der Waals surface area contributed by atoms with Gasteiger partial charge in [-0.15, -0.1) is 0 Å². The first-order valence-corrected chi connectivity index (χ1v) is 12.5. The van der Waals surface area contributed by atoms with Crippen molar-refractivity contribution in [3.05, 3.63) is 82.7 Å². The van der Waals surface area contributed by atoms with Crippen LogP contribution in [0.2, 0.25) is 0 Å². The first-order valence-electron chi connectivity index (χ1n) is 12.5. The van der Waals surface area contributed by atoms with Crippen LogP contribution < -0.4 is 9.47 Å². The molecule has 0 aliphatic carbocycles. The van der Waals surface area contributed by atoms with Crippen molar-refractivity contribution < 1.29 is 14.3 Å². The van der Waals surface area contributed by atoms with Crippen LogP contribution in [-0.2, 0) is 0 Å². The van der Waals surface area contributed by atoms with Crippen LogP contribution in [-0.4, -0.2) is 41.1 Å². The van der Waals surface area contributed by atoms with Gasteiger partial charge in [0.1, 0.15) is 5.82 Å². The molecule has 4 aromatic rings. The van der Waals surface area contributed by atoms with Gasteiger partial charge in [0.2, 0.25) is 0 Å². The zero-order valence-corrected chi connectivity index (χ0v) is 21.7. The van der Waals surface area contributed by atoms with Crippen molar-refractivity contribution in [1.82, 2.24) is 14.5 Å². The Morgan fingerprint density at radius 2 is 1.64 bits per heavy atom. The van der Waals surface area contributed by atoms with Gasteiger partial charge in [-0.1, -0.05) is 29.8 Å². The minimum Gasteiger partial charge on any atom is -0.493 e. The highest BCUT2D eigenvalue weighted by Crippen LogP contribution is 2.38. The van der Waals surface area contributed by atoms with Gasteiger partial charge < -0.3 is 14.4 Å². The molecule has 1 fully saturated rings. The molecule has 6 nitrogen and oxygen atoms in total. The lowest BCUT2D eigenvalue weighted by Crippen LogP contribution is -2.40. The molecular formula is C30H33N3O3. The summed E-state index contributed by atoms with van der Waals surface area (Å²) < 4.78 is 13.2. The summed E-state index contributed by atoms with van der Waals surface area (Å²) in [4.78, 5) is 21.2. The molecule has 5 rings (SSSR count). The fraction of sp³-hybridized carbons (Fsp3) is 0.333. The minimum atomic E-state index is -0.133. The molecular weight excluding hydrogens is 450 g/mol. The van der Waals surface area contributed by atoms with E-state index in [1.807, 2.05) is 55.1 Å². The number of rotatable bonds is 5. The van der Waals surface area contributed by atoms with Crippen LogP contribution in [0.25, 0.3) is 16.7 Å². The number of hydrogen-bond donors (Lipinski definition) is 0. The lowest BCUT2D eigenvalue weighted by molar-refractivity contribution is 0.0597. The van der Waals surface area contributed by atoms with Gasteiger partial charge in [0.05, 0.1) is 37.0 Å². The van der Waals surface area contributed by atoms with E-state index in [-0.39, 0.29) is 11.9 Å². The third-order valence-corrected chi connectivity index (χ3v) is 7.16. The topological polar surface area (TPSA) is 56.6 Å². The lowest BCUT2D eigenvalue weighted by atomic mass is 9.95. The van der Waals surface area contributed by atoms with Crippen LogP contribution in [0.3, 0.4) is 0 Å². The Labute approximate surface area is 212 Å². The second-order valence-corrected chi connectivity index (χ2v) is 9.62. The van der Waals surface area contributed by atoms with Crippen LogP contribution in [0.1, 0.15) is 58.2 Å². The number of amides is 1. The summed E-state index contributed by atoms with van der Waals surface area (Å²) in [6.45, 7) is 6.85. The van der Waals surface area contributed by atoms with Crippen molar-refractivity contribution in [3.8, 4) is 17.2 Å². The van der Waals surface area contributed by atoms with E-state index in [0.29, 0.717) is 18.0 Å². The molecule has 0 N–H and O–H groups in total. The Balaban J connectivity index is 1.66. The number of hydrogen-bond acceptors (Lipinski definition) is 4. The van der Waals surface area contributed by atoms with Gasteiger partial charge >= 0.3 is 0 Å². The predicted octanol–water partition coefficient (Wildman–Crippen LogP) is 6.34. The van der Waals surface area contributed by atoms with Gasteiger partial charge in [-0.05, 0) is 75.4 Å². The van der Waals surface area contributed by atoms with E-state index in [9.17, 15) is 4.79 Å². The average Bonchev–Trinajstić information content (AvgIpc) is 3.27. The van der Waals surface area contributed by atoms with Gasteiger partial charge in [0.15, 0.2) is 11.5 Å². The summed E-state index contributed by atoms with van der Waals surface area (Å²) in [5.74, 6) is 2.28. The van der Waals surface area contributed by atoms with Crippen molar-refractivity contribution >= 4 is 16.9 Å². The van der Waals surface area contributed by atoms with Crippen LogP contribution >= 0.6 is 0 Å². The molecule has 1 saturated heterocycles. The fourth-order valence-corrected chi connectivity index (χ4v) is 5.61. The second-order valence-electron chi connectivity index (χ2n) is 9.62. The summed E-state index contributed by atoms with van der Waals surface area (Å²) >= 11 is 0. The predicted molar refractivity (Wildman–Crippen MR) is 142 cm³/mol. The highest BCUT2D eigenvalue weighted by atomic mass is 16.5. The van der Waals surface area contributed by atoms with E-state index in [2.05, 4.69) is 29.7 Å². The molecule has 0 bridgehead atoms. The van der Waals surface area contributed by atoms with E-state index < -0.39 is 0 Å². The van der Waals surface area contributed by atoms with E-state index in [1.54, 1.807) is 14.2 Å². The smallest absolute Gasteiger partial charge is 0.255 e. The Hall–Kier alpha value is -3.80. The molecule has 1 amide bonds. The third kappa shape index (κ3) is 4.11. The number of ether oxygens (including phenoxy) is 2. The number of benzene rings is 3. The van der Waals surface area contributed by atoms with Crippen LogP contribution in [0.5, 0.6) is 11.5 Å². The van der Waals surface area contributed by atoms with Crippen LogP contribution in [0.15, 0.2) is 54.6 Å². The summed E-state index contributed by atoms with van der Waals surface area (Å²) in [5, 5.41) is 0. The highest BCUT2D eigenvalue weighted by Gasteiger charge is 2.34.